The molecule has 4 nitrogen and oxygen atoms in total. The maximum absolute atomic E-state index is 11.8. The van der Waals surface area contributed by atoms with E-state index in [1.807, 2.05) is 6.07 Å². The molecule has 1 aromatic rings. The number of hydrogen-bond donors (Lipinski definition) is 2. The van der Waals surface area contributed by atoms with Gasteiger partial charge in [-0.3, -0.25) is 4.79 Å². The van der Waals surface area contributed by atoms with E-state index in [0.29, 0.717) is 12.6 Å². The van der Waals surface area contributed by atoms with Gasteiger partial charge >= 0.3 is 0 Å². The zero-order chi connectivity index (χ0) is 14.5. The summed E-state index contributed by atoms with van der Waals surface area (Å²) in [6.07, 6.45) is 7.45. The lowest BCUT2D eigenvalue weighted by molar-refractivity contribution is -0.119. The van der Waals surface area contributed by atoms with Crippen molar-refractivity contribution in [1.29, 1.82) is 0 Å². The SMILES string of the molecule is O=C(CNc1ccccc1N1CCCCCC1)NC1CC1. The molecule has 0 unspecified atom stereocenters. The summed E-state index contributed by atoms with van der Waals surface area (Å²) in [7, 11) is 0. The van der Waals surface area contributed by atoms with Crippen LogP contribution >= 0.6 is 0 Å². The van der Waals surface area contributed by atoms with E-state index in [2.05, 4.69) is 33.7 Å². The van der Waals surface area contributed by atoms with Gasteiger partial charge in [0.1, 0.15) is 0 Å². The number of benzene rings is 1. The van der Waals surface area contributed by atoms with Crippen LogP contribution in [-0.2, 0) is 4.79 Å². The highest BCUT2D eigenvalue weighted by molar-refractivity contribution is 5.83. The quantitative estimate of drug-likeness (QED) is 0.875. The fraction of sp³-hybridized carbons (Fsp3) is 0.588. The lowest BCUT2D eigenvalue weighted by Gasteiger charge is -2.25. The van der Waals surface area contributed by atoms with Crippen LogP contribution in [0.5, 0.6) is 0 Å². The Balaban J connectivity index is 1.62. The van der Waals surface area contributed by atoms with E-state index in [9.17, 15) is 4.79 Å². The van der Waals surface area contributed by atoms with Crippen LogP contribution in [0.3, 0.4) is 0 Å². The highest BCUT2D eigenvalue weighted by Crippen LogP contribution is 2.27. The van der Waals surface area contributed by atoms with Gasteiger partial charge in [0.25, 0.3) is 0 Å². The van der Waals surface area contributed by atoms with E-state index in [1.165, 1.54) is 31.4 Å². The van der Waals surface area contributed by atoms with Gasteiger partial charge < -0.3 is 15.5 Å². The summed E-state index contributed by atoms with van der Waals surface area (Å²) in [5.74, 6) is 0.100. The standard InChI is InChI=1S/C17H25N3O/c21-17(19-14-9-10-14)13-18-15-7-3-4-8-16(15)20-11-5-1-2-6-12-20/h3-4,7-8,14,18H,1-2,5-6,9-13H2,(H,19,21). The summed E-state index contributed by atoms with van der Waals surface area (Å²) in [5.41, 5.74) is 2.31. The minimum absolute atomic E-state index is 0.100. The summed E-state index contributed by atoms with van der Waals surface area (Å²) in [6, 6.07) is 8.77. The number of hydrogen-bond acceptors (Lipinski definition) is 3. The monoisotopic (exact) mass is 287 g/mol. The van der Waals surface area contributed by atoms with E-state index < -0.39 is 0 Å². The number of para-hydroxylation sites is 2. The van der Waals surface area contributed by atoms with Crippen LogP contribution in [0.4, 0.5) is 11.4 Å². The Morgan fingerprint density at radius 2 is 1.81 bits per heavy atom. The smallest absolute Gasteiger partial charge is 0.239 e. The molecule has 0 aromatic heterocycles. The summed E-state index contributed by atoms with van der Waals surface area (Å²) in [6.45, 7) is 2.60. The molecule has 4 heteroatoms. The summed E-state index contributed by atoms with van der Waals surface area (Å²) in [4.78, 5) is 14.3. The molecule has 1 aromatic carbocycles. The average molecular weight is 287 g/mol. The van der Waals surface area contributed by atoms with Crippen molar-refractivity contribution in [1.82, 2.24) is 5.32 Å². The number of amides is 1. The molecular weight excluding hydrogens is 262 g/mol. The Kier molecular flexibility index (Phi) is 4.63. The second-order valence-electron chi connectivity index (χ2n) is 6.11. The van der Waals surface area contributed by atoms with Crippen LogP contribution < -0.4 is 15.5 Å². The highest BCUT2D eigenvalue weighted by atomic mass is 16.2. The number of carbonyl (C=O) groups is 1. The van der Waals surface area contributed by atoms with E-state index in [1.54, 1.807) is 0 Å². The van der Waals surface area contributed by atoms with Gasteiger partial charge in [-0.1, -0.05) is 25.0 Å². The second kappa shape index (κ2) is 6.83. The third-order valence-electron chi connectivity index (χ3n) is 4.23. The minimum Gasteiger partial charge on any atom is -0.374 e. The molecule has 1 heterocycles. The fourth-order valence-electron chi connectivity index (χ4n) is 2.89. The Morgan fingerprint density at radius 3 is 2.52 bits per heavy atom. The average Bonchev–Trinajstić information content (AvgIpc) is 3.32. The van der Waals surface area contributed by atoms with Crippen molar-refractivity contribution in [2.75, 3.05) is 29.9 Å². The predicted molar refractivity (Wildman–Crippen MR) is 86.8 cm³/mol. The molecule has 114 valence electrons. The summed E-state index contributed by atoms with van der Waals surface area (Å²) >= 11 is 0. The fourth-order valence-corrected chi connectivity index (χ4v) is 2.89. The Hall–Kier alpha value is -1.71. The largest absolute Gasteiger partial charge is 0.374 e. The Bertz CT molecular complexity index is 477. The van der Waals surface area contributed by atoms with Gasteiger partial charge in [0.05, 0.1) is 17.9 Å². The molecule has 1 saturated carbocycles. The first kappa shape index (κ1) is 14.2. The van der Waals surface area contributed by atoms with Crippen molar-refractivity contribution in [2.45, 2.75) is 44.6 Å². The third-order valence-corrected chi connectivity index (χ3v) is 4.23. The number of carbonyl (C=O) groups excluding carboxylic acids is 1. The van der Waals surface area contributed by atoms with Crippen molar-refractivity contribution >= 4 is 17.3 Å². The Morgan fingerprint density at radius 1 is 1.10 bits per heavy atom. The molecule has 0 atom stereocenters. The van der Waals surface area contributed by atoms with Crippen LogP contribution in [0.2, 0.25) is 0 Å². The Labute approximate surface area is 126 Å². The van der Waals surface area contributed by atoms with Gasteiger partial charge in [0.2, 0.25) is 5.91 Å². The third kappa shape index (κ3) is 4.13. The van der Waals surface area contributed by atoms with E-state index >= 15 is 0 Å². The normalized spacial score (nSPS) is 19.0. The zero-order valence-corrected chi connectivity index (χ0v) is 12.6. The molecule has 1 aliphatic carbocycles. The molecule has 1 amide bonds. The molecule has 3 rings (SSSR count). The first-order valence-electron chi connectivity index (χ1n) is 8.20. The van der Waals surface area contributed by atoms with Gasteiger partial charge in [-0.25, -0.2) is 0 Å². The van der Waals surface area contributed by atoms with Crippen LogP contribution in [0.25, 0.3) is 0 Å². The molecule has 0 spiro atoms. The van der Waals surface area contributed by atoms with Crippen molar-refractivity contribution < 1.29 is 4.79 Å². The van der Waals surface area contributed by atoms with Gasteiger partial charge in [0.15, 0.2) is 0 Å². The molecule has 1 saturated heterocycles. The second-order valence-corrected chi connectivity index (χ2v) is 6.11. The minimum atomic E-state index is 0.100. The number of anilines is 2. The van der Waals surface area contributed by atoms with Crippen LogP contribution in [0, 0.1) is 0 Å². The van der Waals surface area contributed by atoms with Crippen LogP contribution in [0.15, 0.2) is 24.3 Å². The van der Waals surface area contributed by atoms with Crippen molar-refractivity contribution in [2.24, 2.45) is 0 Å². The molecule has 1 aliphatic heterocycles. The topological polar surface area (TPSA) is 44.4 Å². The molecule has 0 radical (unpaired) electrons. The molecule has 2 fully saturated rings. The lowest BCUT2D eigenvalue weighted by atomic mass is 10.2. The van der Waals surface area contributed by atoms with Crippen molar-refractivity contribution in [3.05, 3.63) is 24.3 Å². The van der Waals surface area contributed by atoms with Gasteiger partial charge in [-0.2, -0.15) is 0 Å². The molecule has 0 bridgehead atoms. The lowest BCUT2D eigenvalue weighted by Crippen LogP contribution is -2.32. The predicted octanol–water partition coefficient (Wildman–Crippen LogP) is 2.76. The van der Waals surface area contributed by atoms with Gasteiger partial charge in [-0.05, 0) is 37.8 Å². The number of rotatable bonds is 5. The van der Waals surface area contributed by atoms with Gasteiger partial charge in [-0.15, -0.1) is 0 Å². The van der Waals surface area contributed by atoms with E-state index in [4.69, 9.17) is 0 Å². The first-order chi connectivity index (χ1) is 10.3. The van der Waals surface area contributed by atoms with E-state index in [-0.39, 0.29) is 5.91 Å². The molecule has 21 heavy (non-hydrogen) atoms. The van der Waals surface area contributed by atoms with E-state index in [0.717, 1.165) is 31.6 Å². The maximum atomic E-state index is 11.8. The molecule has 2 aliphatic rings. The maximum Gasteiger partial charge on any atom is 0.239 e. The summed E-state index contributed by atoms with van der Waals surface area (Å²) < 4.78 is 0. The van der Waals surface area contributed by atoms with Crippen LogP contribution in [-0.4, -0.2) is 31.6 Å². The van der Waals surface area contributed by atoms with Crippen LogP contribution in [0.1, 0.15) is 38.5 Å². The van der Waals surface area contributed by atoms with Gasteiger partial charge in [0, 0.05) is 19.1 Å². The van der Waals surface area contributed by atoms with Crippen molar-refractivity contribution in [3.8, 4) is 0 Å². The molecular formula is C17H25N3O. The zero-order valence-electron chi connectivity index (χ0n) is 12.6. The number of nitrogens with one attached hydrogen (secondary N) is 2. The molecule has 2 N–H and O–H groups in total. The highest BCUT2D eigenvalue weighted by Gasteiger charge is 2.23. The number of nitrogens with zero attached hydrogens (tertiary/aromatic N) is 1. The first-order valence-corrected chi connectivity index (χ1v) is 8.20. The van der Waals surface area contributed by atoms with Crippen molar-refractivity contribution in [3.63, 3.8) is 0 Å². The summed E-state index contributed by atoms with van der Waals surface area (Å²) in [5, 5.41) is 6.33.